The second-order valence-electron chi connectivity index (χ2n) is 6.35. The highest BCUT2D eigenvalue weighted by Crippen LogP contribution is 2.25. The van der Waals surface area contributed by atoms with Crippen LogP contribution in [-0.2, 0) is 4.79 Å². The van der Waals surface area contributed by atoms with Crippen molar-refractivity contribution in [1.82, 2.24) is 9.88 Å². The normalized spacial score (nSPS) is 13.5. The Hall–Kier alpha value is -2.27. The Morgan fingerprint density at radius 3 is 2.72 bits per heavy atom. The maximum absolute atomic E-state index is 13.4. The molecule has 25 heavy (non-hydrogen) atoms. The third-order valence-electron chi connectivity index (χ3n) is 4.53. The fourth-order valence-electron chi connectivity index (χ4n) is 2.83. The third kappa shape index (κ3) is 4.86. The Morgan fingerprint density at radius 2 is 2.08 bits per heavy atom. The molecule has 0 saturated carbocycles. The van der Waals surface area contributed by atoms with Crippen molar-refractivity contribution in [3.8, 4) is 0 Å². The fraction of sp³-hybridized carbons (Fsp3) is 0.400. The van der Waals surface area contributed by atoms with Crippen LogP contribution in [0.15, 0.2) is 42.6 Å². The van der Waals surface area contributed by atoms with Gasteiger partial charge in [0, 0.05) is 11.9 Å². The van der Waals surface area contributed by atoms with Gasteiger partial charge in [-0.05, 0) is 57.1 Å². The van der Waals surface area contributed by atoms with Gasteiger partial charge >= 0.3 is 0 Å². The SMILES string of the molecule is CCCC(c1ccccn1)N(C)C(C)C(=O)Nc1cc(F)ccc1C. The van der Waals surface area contributed by atoms with Crippen molar-refractivity contribution in [3.63, 3.8) is 0 Å². The number of hydrogen-bond acceptors (Lipinski definition) is 3. The average Bonchev–Trinajstić information content (AvgIpc) is 2.62. The number of anilines is 1. The molecule has 0 saturated heterocycles. The van der Waals surface area contributed by atoms with E-state index >= 15 is 0 Å². The molecule has 0 aliphatic rings. The molecule has 1 heterocycles. The number of benzene rings is 1. The summed E-state index contributed by atoms with van der Waals surface area (Å²) in [5.41, 5.74) is 2.29. The van der Waals surface area contributed by atoms with Gasteiger partial charge in [-0.3, -0.25) is 14.7 Å². The van der Waals surface area contributed by atoms with Gasteiger partial charge in [0.2, 0.25) is 5.91 Å². The zero-order chi connectivity index (χ0) is 18.4. The average molecular weight is 343 g/mol. The van der Waals surface area contributed by atoms with Crippen LogP contribution in [0.3, 0.4) is 0 Å². The highest BCUT2D eigenvalue weighted by molar-refractivity contribution is 5.95. The Bertz CT molecular complexity index is 705. The summed E-state index contributed by atoms with van der Waals surface area (Å²) in [6.07, 6.45) is 3.67. The highest BCUT2D eigenvalue weighted by atomic mass is 19.1. The van der Waals surface area contributed by atoms with Crippen molar-refractivity contribution >= 4 is 11.6 Å². The number of halogens is 1. The minimum Gasteiger partial charge on any atom is -0.324 e. The zero-order valence-corrected chi connectivity index (χ0v) is 15.3. The van der Waals surface area contributed by atoms with E-state index < -0.39 is 0 Å². The van der Waals surface area contributed by atoms with Gasteiger partial charge in [0.25, 0.3) is 0 Å². The Morgan fingerprint density at radius 1 is 1.32 bits per heavy atom. The van der Waals surface area contributed by atoms with E-state index in [1.165, 1.54) is 12.1 Å². The molecule has 1 amide bonds. The molecule has 2 atom stereocenters. The number of hydrogen-bond donors (Lipinski definition) is 1. The van der Waals surface area contributed by atoms with Gasteiger partial charge in [0.1, 0.15) is 5.82 Å². The standard InChI is InChI=1S/C20H26FN3O/c1-5-8-19(17-9-6-7-12-22-17)24(4)15(3)20(25)23-18-13-16(21)11-10-14(18)2/h6-7,9-13,15,19H,5,8H2,1-4H3,(H,23,25). The molecule has 2 rings (SSSR count). The highest BCUT2D eigenvalue weighted by Gasteiger charge is 2.26. The predicted molar refractivity (Wildman–Crippen MR) is 98.9 cm³/mol. The lowest BCUT2D eigenvalue weighted by molar-refractivity contribution is -0.121. The van der Waals surface area contributed by atoms with Gasteiger partial charge in [-0.25, -0.2) is 4.39 Å². The van der Waals surface area contributed by atoms with Crippen LogP contribution in [0.5, 0.6) is 0 Å². The van der Waals surface area contributed by atoms with Gasteiger partial charge in [-0.15, -0.1) is 0 Å². The smallest absolute Gasteiger partial charge is 0.241 e. The van der Waals surface area contributed by atoms with Crippen molar-refractivity contribution in [2.24, 2.45) is 0 Å². The lowest BCUT2D eigenvalue weighted by Gasteiger charge is -2.32. The van der Waals surface area contributed by atoms with Crippen molar-refractivity contribution in [3.05, 3.63) is 59.7 Å². The lowest BCUT2D eigenvalue weighted by atomic mass is 10.0. The minimum atomic E-state index is -0.374. The van der Waals surface area contributed by atoms with Crippen molar-refractivity contribution < 1.29 is 9.18 Å². The number of amides is 1. The fourth-order valence-corrected chi connectivity index (χ4v) is 2.83. The molecule has 0 bridgehead atoms. The quantitative estimate of drug-likeness (QED) is 0.814. The summed E-state index contributed by atoms with van der Waals surface area (Å²) in [4.78, 5) is 19.1. The molecule has 2 aromatic rings. The number of likely N-dealkylation sites (N-methyl/N-ethyl adjacent to an activating group) is 1. The first kappa shape index (κ1) is 19.1. The predicted octanol–water partition coefficient (Wildman–Crippen LogP) is 4.33. The molecule has 4 nitrogen and oxygen atoms in total. The first-order valence-corrected chi connectivity index (χ1v) is 8.64. The number of aryl methyl sites for hydroxylation is 1. The van der Waals surface area contributed by atoms with E-state index in [2.05, 4.69) is 17.2 Å². The molecule has 1 aromatic heterocycles. The van der Waals surface area contributed by atoms with E-state index in [9.17, 15) is 9.18 Å². The van der Waals surface area contributed by atoms with Crippen LogP contribution in [0.4, 0.5) is 10.1 Å². The van der Waals surface area contributed by atoms with Crippen molar-refractivity contribution in [2.45, 2.75) is 45.7 Å². The van der Waals surface area contributed by atoms with Crippen LogP contribution in [0, 0.1) is 12.7 Å². The first-order chi connectivity index (χ1) is 11.9. The summed E-state index contributed by atoms with van der Waals surface area (Å²) in [6.45, 7) is 5.82. The molecular formula is C20H26FN3O. The number of nitrogens with zero attached hydrogens (tertiary/aromatic N) is 2. The van der Waals surface area contributed by atoms with E-state index in [0.717, 1.165) is 24.1 Å². The summed E-state index contributed by atoms with van der Waals surface area (Å²) in [5.74, 6) is -0.521. The molecule has 1 aromatic carbocycles. The number of aromatic nitrogens is 1. The molecule has 0 fully saturated rings. The maximum atomic E-state index is 13.4. The first-order valence-electron chi connectivity index (χ1n) is 8.64. The molecule has 0 aliphatic heterocycles. The van der Waals surface area contributed by atoms with Crippen LogP contribution in [0.2, 0.25) is 0 Å². The molecule has 5 heteroatoms. The van der Waals surface area contributed by atoms with Gasteiger partial charge in [0.15, 0.2) is 0 Å². The van der Waals surface area contributed by atoms with Crippen molar-refractivity contribution in [1.29, 1.82) is 0 Å². The summed E-state index contributed by atoms with van der Waals surface area (Å²) < 4.78 is 13.4. The molecule has 1 N–H and O–H groups in total. The Balaban J connectivity index is 2.14. The van der Waals surface area contributed by atoms with E-state index in [1.807, 2.05) is 44.0 Å². The van der Waals surface area contributed by atoms with Gasteiger partial charge in [-0.2, -0.15) is 0 Å². The van der Waals surface area contributed by atoms with E-state index in [-0.39, 0.29) is 23.8 Å². The van der Waals surface area contributed by atoms with Gasteiger partial charge in [0.05, 0.1) is 17.8 Å². The molecule has 2 unspecified atom stereocenters. The summed E-state index contributed by atoms with van der Waals surface area (Å²) in [6, 6.07) is 9.91. The van der Waals surface area contributed by atoms with Crippen molar-refractivity contribution in [2.75, 3.05) is 12.4 Å². The lowest BCUT2D eigenvalue weighted by Crippen LogP contribution is -2.42. The molecular weight excluding hydrogens is 317 g/mol. The minimum absolute atomic E-state index is 0.0561. The van der Waals surface area contributed by atoms with Crippen LogP contribution >= 0.6 is 0 Å². The number of carbonyl (C=O) groups excluding carboxylic acids is 1. The van der Waals surface area contributed by atoms with Crippen LogP contribution in [0.1, 0.15) is 44.0 Å². The molecule has 134 valence electrons. The van der Waals surface area contributed by atoms with E-state index in [0.29, 0.717) is 5.69 Å². The number of nitrogens with one attached hydrogen (secondary N) is 1. The van der Waals surface area contributed by atoms with Crippen LogP contribution < -0.4 is 5.32 Å². The summed E-state index contributed by atoms with van der Waals surface area (Å²) >= 11 is 0. The third-order valence-corrected chi connectivity index (χ3v) is 4.53. The zero-order valence-electron chi connectivity index (χ0n) is 15.3. The maximum Gasteiger partial charge on any atom is 0.241 e. The molecule has 0 aliphatic carbocycles. The summed E-state index contributed by atoms with van der Waals surface area (Å²) in [5, 5.41) is 2.84. The second kappa shape index (κ2) is 8.72. The van der Waals surface area contributed by atoms with Crippen LogP contribution in [-0.4, -0.2) is 28.9 Å². The topological polar surface area (TPSA) is 45.2 Å². The molecule has 0 radical (unpaired) electrons. The number of rotatable bonds is 7. The Kier molecular flexibility index (Phi) is 6.65. The van der Waals surface area contributed by atoms with E-state index in [1.54, 1.807) is 12.3 Å². The Labute approximate surface area is 149 Å². The van der Waals surface area contributed by atoms with Crippen LogP contribution in [0.25, 0.3) is 0 Å². The molecule has 0 spiro atoms. The van der Waals surface area contributed by atoms with E-state index in [4.69, 9.17) is 0 Å². The largest absolute Gasteiger partial charge is 0.324 e. The van der Waals surface area contributed by atoms with Gasteiger partial charge < -0.3 is 5.32 Å². The summed E-state index contributed by atoms with van der Waals surface area (Å²) in [7, 11) is 1.93. The monoisotopic (exact) mass is 343 g/mol. The number of carbonyl (C=O) groups is 1. The van der Waals surface area contributed by atoms with Gasteiger partial charge in [-0.1, -0.05) is 25.5 Å². The number of pyridine rings is 1. The second-order valence-corrected chi connectivity index (χ2v) is 6.35.